The Morgan fingerprint density at radius 3 is 0.732 bits per heavy atom. The van der Waals surface area contributed by atoms with Gasteiger partial charge in [-0.2, -0.15) is 0 Å². The highest BCUT2D eigenvalue weighted by molar-refractivity contribution is 7.47. The second-order valence-corrected chi connectivity index (χ2v) is 31.3. The second kappa shape index (κ2) is 71.1. The summed E-state index contributed by atoms with van der Waals surface area (Å²) < 4.78 is 68.6. The molecule has 3 unspecified atom stereocenters. The van der Waals surface area contributed by atoms with E-state index in [4.69, 9.17) is 37.0 Å². The minimum atomic E-state index is -4.96. The van der Waals surface area contributed by atoms with E-state index in [-0.39, 0.29) is 25.7 Å². The predicted molar refractivity (Wildman–Crippen MR) is 395 cm³/mol. The molecule has 17 nitrogen and oxygen atoms in total. The molecule has 0 aliphatic carbocycles. The Hall–Kier alpha value is -1.94. The van der Waals surface area contributed by atoms with Crippen molar-refractivity contribution < 1.29 is 80.2 Å². The van der Waals surface area contributed by atoms with Crippen LogP contribution in [0, 0.1) is 5.92 Å². The van der Waals surface area contributed by atoms with E-state index in [2.05, 4.69) is 34.6 Å². The molecular weight excluding hydrogens is 1270 g/mol. The van der Waals surface area contributed by atoms with Gasteiger partial charge in [-0.05, 0) is 31.6 Å². The zero-order valence-electron chi connectivity index (χ0n) is 63.2. The molecule has 0 aliphatic heterocycles. The minimum Gasteiger partial charge on any atom is -0.462 e. The highest BCUT2D eigenvalue weighted by Gasteiger charge is 2.30. The Kier molecular flexibility index (Phi) is 69.6. The molecule has 0 aromatic heterocycles. The molecule has 0 aromatic rings. The number of hydrogen-bond acceptors (Lipinski definition) is 15. The molecule has 0 saturated heterocycles. The summed E-state index contributed by atoms with van der Waals surface area (Å²) in [6, 6.07) is 0. The van der Waals surface area contributed by atoms with Crippen LogP contribution in [0.5, 0.6) is 0 Å². The molecule has 0 fully saturated rings. The van der Waals surface area contributed by atoms with E-state index in [1.54, 1.807) is 0 Å². The van der Waals surface area contributed by atoms with Crippen molar-refractivity contribution in [1.82, 2.24) is 0 Å². The van der Waals surface area contributed by atoms with Crippen molar-refractivity contribution in [2.75, 3.05) is 39.6 Å². The van der Waals surface area contributed by atoms with Crippen LogP contribution in [0.3, 0.4) is 0 Å². The van der Waals surface area contributed by atoms with Crippen LogP contribution in [-0.4, -0.2) is 96.7 Å². The van der Waals surface area contributed by atoms with Gasteiger partial charge < -0.3 is 33.8 Å². The number of carbonyl (C=O) groups is 4. The van der Waals surface area contributed by atoms with Crippen molar-refractivity contribution in [3.63, 3.8) is 0 Å². The summed E-state index contributed by atoms with van der Waals surface area (Å²) in [4.78, 5) is 72.9. The van der Waals surface area contributed by atoms with E-state index in [0.717, 1.165) is 95.8 Å². The Labute approximate surface area is 594 Å². The van der Waals surface area contributed by atoms with Gasteiger partial charge in [-0.15, -0.1) is 0 Å². The second-order valence-electron chi connectivity index (χ2n) is 28.3. The van der Waals surface area contributed by atoms with Gasteiger partial charge in [0, 0.05) is 25.7 Å². The standard InChI is InChI=1S/C78H152O17P2/c1-6-10-13-16-19-22-25-27-29-30-31-32-33-35-37-39-42-48-53-58-63-77(82)94-73(67-89-76(81)62-57-52-47-41-38-36-34-28-26-23-20-17-14-11-7-2)69-92-96(84,85)90-65-72(79)66-91-97(86,87)93-70-74(68-88-75(80)61-56-51-46-40-24-21-18-15-12-8-3)95-78(83)64-59-54-49-44-43-45-50-55-60-71(5)9-4/h71-74,79H,6-70H2,1-5H3,(H,84,85)(H,86,87)/t71?,72-,73-,74-/m1/s1. The van der Waals surface area contributed by atoms with E-state index < -0.39 is 97.5 Å². The molecule has 0 amide bonds. The zero-order chi connectivity index (χ0) is 71.2. The molecule has 19 heteroatoms. The quantitative estimate of drug-likeness (QED) is 0.0222. The number of ether oxygens (including phenoxy) is 4. The monoisotopic (exact) mass is 1420 g/mol. The number of aliphatic hydroxyl groups excluding tert-OH is 1. The molecule has 0 rings (SSSR count). The number of phosphoric ester groups is 2. The largest absolute Gasteiger partial charge is 0.472 e. The fourth-order valence-corrected chi connectivity index (χ4v) is 13.6. The van der Waals surface area contributed by atoms with Gasteiger partial charge in [0.15, 0.2) is 12.2 Å². The van der Waals surface area contributed by atoms with Gasteiger partial charge in [0.1, 0.15) is 19.3 Å². The molecule has 0 bridgehead atoms. The number of rotatable bonds is 78. The van der Waals surface area contributed by atoms with Gasteiger partial charge in [0.25, 0.3) is 0 Å². The van der Waals surface area contributed by atoms with Gasteiger partial charge in [0.2, 0.25) is 0 Å². The lowest BCUT2D eigenvalue weighted by atomic mass is 9.99. The average molecular weight is 1420 g/mol. The van der Waals surface area contributed by atoms with Crippen molar-refractivity contribution in [3.8, 4) is 0 Å². The Balaban J connectivity index is 5.22. The number of unbranched alkanes of at least 4 members (excludes halogenated alkanes) is 49. The molecule has 0 heterocycles. The number of phosphoric acid groups is 2. The number of hydrogen-bond donors (Lipinski definition) is 3. The summed E-state index contributed by atoms with van der Waals surface area (Å²) in [5, 5.41) is 10.6. The van der Waals surface area contributed by atoms with E-state index >= 15 is 0 Å². The normalized spacial score (nSPS) is 14.2. The summed E-state index contributed by atoms with van der Waals surface area (Å²) in [6.45, 7) is 7.30. The van der Waals surface area contributed by atoms with Gasteiger partial charge in [0.05, 0.1) is 26.4 Å². The molecule has 3 N–H and O–H groups in total. The SMILES string of the molecule is CCCCCCCCCCCCCCCCCCCCCCC(=O)O[C@H](COC(=O)CCCCCCCCCCCCCCCCC)COP(=O)(O)OC[C@@H](O)COP(=O)(O)OC[C@@H](COC(=O)CCCCCCCCCCCC)OC(=O)CCCCCCCCCCC(C)CC. The van der Waals surface area contributed by atoms with E-state index in [1.165, 1.54) is 238 Å². The van der Waals surface area contributed by atoms with Crippen molar-refractivity contribution in [2.24, 2.45) is 5.92 Å². The van der Waals surface area contributed by atoms with E-state index in [1.807, 2.05) is 0 Å². The maximum atomic E-state index is 13.1. The smallest absolute Gasteiger partial charge is 0.462 e. The van der Waals surface area contributed by atoms with Crippen molar-refractivity contribution in [2.45, 2.75) is 432 Å². The number of esters is 4. The lowest BCUT2D eigenvalue weighted by Crippen LogP contribution is -2.30. The topological polar surface area (TPSA) is 237 Å². The highest BCUT2D eigenvalue weighted by Crippen LogP contribution is 2.45. The number of carbonyl (C=O) groups excluding carboxylic acids is 4. The molecule has 0 aromatic carbocycles. The third kappa shape index (κ3) is 70.9. The van der Waals surface area contributed by atoms with E-state index in [0.29, 0.717) is 25.7 Å². The first-order valence-corrected chi connectivity index (χ1v) is 43.7. The van der Waals surface area contributed by atoms with Crippen LogP contribution in [0.25, 0.3) is 0 Å². The molecular formula is C78H152O17P2. The van der Waals surface area contributed by atoms with Crippen molar-refractivity contribution >= 4 is 39.5 Å². The average Bonchev–Trinajstić information content (AvgIpc) is 1.93. The number of aliphatic hydroxyl groups is 1. The van der Waals surface area contributed by atoms with Gasteiger partial charge in [-0.1, -0.05) is 362 Å². The highest BCUT2D eigenvalue weighted by atomic mass is 31.2. The van der Waals surface area contributed by atoms with Gasteiger partial charge >= 0.3 is 39.5 Å². The van der Waals surface area contributed by atoms with Crippen LogP contribution in [0.2, 0.25) is 0 Å². The first kappa shape index (κ1) is 95.1. The van der Waals surface area contributed by atoms with Crippen LogP contribution >= 0.6 is 15.6 Å². The maximum absolute atomic E-state index is 13.1. The molecule has 0 aliphatic rings. The van der Waals surface area contributed by atoms with Gasteiger partial charge in [-0.3, -0.25) is 37.3 Å². The third-order valence-corrected chi connectivity index (χ3v) is 20.5. The Bertz CT molecular complexity index is 1860. The predicted octanol–water partition coefficient (Wildman–Crippen LogP) is 23.3. The molecule has 6 atom stereocenters. The maximum Gasteiger partial charge on any atom is 0.472 e. The van der Waals surface area contributed by atoms with Crippen LogP contribution < -0.4 is 0 Å². The van der Waals surface area contributed by atoms with Crippen molar-refractivity contribution in [3.05, 3.63) is 0 Å². The molecule has 0 saturated carbocycles. The summed E-state index contributed by atoms with van der Waals surface area (Å²) in [5.74, 6) is -1.34. The molecule has 0 radical (unpaired) electrons. The van der Waals surface area contributed by atoms with Crippen LogP contribution in [0.4, 0.5) is 0 Å². The van der Waals surface area contributed by atoms with Crippen molar-refractivity contribution in [1.29, 1.82) is 0 Å². The fraction of sp³-hybridized carbons (Fsp3) is 0.949. The summed E-state index contributed by atoms with van der Waals surface area (Å²) >= 11 is 0. The lowest BCUT2D eigenvalue weighted by Gasteiger charge is -2.21. The molecule has 576 valence electrons. The zero-order valence-corrected chi connectivity index (χ0v) is 65.0. The summed E-state index contributed by atoms with van der Waals surface area (Å²) in [7, 11) is -9.91. The lowest BCUT2D eigenvalue weighted by molar-refractivity contribution is -0.161. The Morgan fingerprint density at radius 1 is 0.289 bits per heavy atom. The molecule has 97 heavy (non-hydrogen) atoms. The summed E-state index contributed by atoms with van der Waals surface area (Å²) in [6.07, 6.45) is 61.0. The van der Waals surface area contributed by atoms with E-state index in [9.17, 15) is 43.2 Å². The van der Waals surface area contributed by atoms with Crippen LogP contribution in [-0.2, 0) is 65.4 Å². The molecule has 0 spiro atoms. The first-order valence-electron chi connectivity index (χ1n) is 40.7. The fourth-order valence-electron chi connectivity index (χ4n) is 12.0. The summed E-state index contributed by atoms with van der Waals surface area (Å²) in [5.41, 5.74) is 0. The minimum absolute atomic E-state index is 0.106. The first-order chi connectivity index (χ1) is 47.1. The Morgan fingerprint density at radius 2 is 0.495 bits per heavy atom. The van der Waals surface area contributed by atoms with Gasteiger partial charge in [-0.25, -0.2) is 9.13 Å². The van der Waals surface area contributed by atoms with Crippen LogP contribution in [0.1, 0.15) is 413 Å². The third-order valence-electron chi connectivity index (χ3n) is 18.6. The van der Waals surface area contributed by atoms with Crippen LogP contribution in [0.15, 0.2) is 0 Å².